The number of hydrogen-bond donors (Lipinski definition) is 1. The van der Waals surface area contributed by atoms with Crippen LogP contribution in [0.3, 0.4) is 0 Å². The molecule has 1 saturated carbocycles. The molecular formula is C25H35N3O3. The summed E-state index contributed by atoms with van der Waals surface area (Å²) >= 11 is 0. The van der Waals surface area contributed by atoms with Crippen LogP contribution in [0.5, 0.6) is 11.6 Å². The summed E-state index contributed by atoms with van der Waals surface area (Å²) in [5.41, 5.74) is 0.790. The number of benzene rings is 1. The first-order chi connectivity index (χ1) is 15.3. The van der Waals surface area contributed by atoms with Crippen molar-refractivity contribution < 1.29 is 14.3 Å². The molecule has 0 radical (unpaired) electrons. The topological polar surface area (TPSA) is 63.7 Å². The third-order valence-electron chi connectivity index (χ3n) is 6.43. The van der Waals surface area contributed by atoms with Gasteiger partial charge in [-0.05, 0) is 75.4 Å². The van der Waals surface area contributed by atoms with E-state index in [2.05, 4.69) is 15.2 Å². The summed E-state index contributed by atoms with van der Waals surface area (Å²) in [6.07, 6.45) is 10.9. The van der Waals surface area contributed by atoms with Crippen molar-refractivity contribution in [2.75, 3.05) is 32.8 Å². The van der Waals surface area contributed by atoms with Crippen molar-refractivity contribution >= 4 is 17.0 Å². The second kappa shape index (κ2) is 11.3. The summed E-state index contributed by atoms with van der Waals surface area (Å²) in [6, 6.07) is 9.51. The zero-order valence-electron chi connectivity index (χ0n) is 18.5. The molecule has 1 saturated heterocycles. The zero-order valence-corrected chi connectivity index (χ0v) is 18.5. The Morgan fingerprint density at radius 3 is 2.68 bits per heavy atom. The smallest absolute Gasteiger partial charge is 0.413 e. The number of carbonyl (C=O) groups is 1. The van der Waals surface area contributed by atoms with Crippen LogP contribution in [0.1, 0.15) is 57.8 Å². The van der Waals surface area contributed by atoms with Gasteiger partial charge in [0.05, 0.1) is 12.1 Å². The van der Waals surface area contributed by atoms with Gasteiger partial charge in [-0.15, -0.1) is 0 Å². The van der Waals surface area contributed by atoms with Gasteiger partial charge in [0.1, 0.15) is 5.75 Å². The Balaban J connectivity index is 1.23. The average Bonchev–Trinajstić information content (AvgIpc) is 2.82. The molecule has 1 aromatic heterocycles. The highest BCUT2D eigenvalue weighted by atomic mass is 16.6. The van der Waals surface area contributed by atoms with E-state index in [9.17, 15) is 4.79 Å². The fourth-order valence-corrected chi connectivity index (χ4v) is 4.64. The second-order valence-corrected chi connectivity index (χ2v) is 8.88. The Bertz CT molecular complexity index is 845. The van der Waals surface area contributed by atoms with Crippen LogP contribution in [-0.2, 0) is 0 Å². The molecule has 6 heteroatoms. The summed E-state index contributed by atoms with van der Waals surface area (Å²) < 4.78 is 11.3. The largest absolute Gasteiger partial charge is 0.494 e. The number of nitrogens with zero attached hydrogens (tertiary/aromatic N) is 2. The molecule has 0 bridgehead atoms. The summed E-state index contributed by atoms with van der Waals surface area (Å²) in [6.45, 7) is 4.97. The minimum atomic E-state index is -0.425. The molecule has 6 nitrogen and oxygen atoms in total. The maximum Gasteiger partial charge on any atom is 0.413 e. The Morgan fingerprint density at radius 1 is 1.03 bits per heavy atom. The van der Waals surface area contributed by atoms with Gasteiger partial charge in [-0.2, -0.15) is 0 Å². The molecule has 2 aromatic rings. The normalized spacial score (nSPS) is 18.1. The first-order valence-corrected chi connectivity index (χ1v) is 12.0. The van der Waals surface area contributed by atoms with Crippen molar-refractivity contribution in [3.63, 3.8) is 0 Å². The minimum Gasteiger partial charge on any atom is -0.494 e. The number of rotatable bonds is 8. The van der Waals surface area contributed by atoms with Gasteiger partial charge in [-0.1, -0.05) is 25.7 Å². The van der Waals surface area contributed by atoms with Crippen LogP contribution in [-0.4, -0.2) is 48.8 Å². The molecule has 1 aliphatic heterocycles. The van der Waals surface area contributed by atoms with Crippen molar-refractivity contribution in [3.05, 3.63) is 30.3 Å². The number of amides is 1. The lowest BCUT2D eigenvalue weighted by Crippen LogP contribution is -2.32. The van der Waals surface area contributed by atoms with E-state index in [0.29, 0.717) is 18.3 Å². The van der Waals surface area contributed by atoms with E-state index in [4.69, 9.17) is 9.47 Å². The van der Waals surface area contributed by atoms with Gasteiger partial charge in [-0.3, -0.25) is 0 Å². The predicted molar refractivity (Wildman–Crippen MR) is 123 cm³/mol. The number of carbonyl (C=O) groups excluding carboxylic acids is 1. The number of likely N-dealkylation sites (tertiary alicyclic amines) is 1. The molecular weight excluding hydrogens is 390 g/mol. The fourth-order valence-electron chi connectivity index (χ4n) is 4.64. The van der Waals surface area contributed by atoms with Crippen LogP contribution >= 0.6 is 0 Å². The maximum absolute atomic E-state index is 12.1. The number of pyridine rings is 1. The van der Waals surface area contributed by atoms with Crippen LogP contribution < -0.4 is 14.8 Å². The van der Waals surface area contributed by atoms with Crippen molar-refractivity contribution in [1.82, 2.24) is 15.2 Å². The molecule has 4 rings (SSSR count). The molecule has 168 valence electrons. The second-order valence-electron chi connectivity index (χ2n) is 8.88. The van der Waals surface area contributed by atoms with Gasteiger partial charge in [0.15, 0.2) is 0 Å². The first kappa shape index (κ1) is 21.9. The Hall–Kier alpha value is -2.34. The molecule has 1 aliphatic carbocycles. The van der Waals surface area contributed by atoms with E-state index in [0.717, 1.165) is 36.2 Å². The van der Waals surface area contributed by atoms with Gasteiger partial charge < -0.3 is 19.7 Å². The molecule has 0 spiro atoms. The SMILES string of the molecule is O=C(NCC1CCCCC1)Oc1ccc2cc(OCCCN3CCCCC3)ccc2n1. The minimum absolute atomic E-state index is 0.323. The van der Waals surface area contributed by atoms with Crippen LogP contribution in [0.15, 0.2) is 30.3 Å². The van der Waals surface area contributed by atoms with Crippen LogP contribution in [0.4, 0.5) is 4.79 Å². The van der Waals surface area contributed by atoms with Crippen molar-refractivity contribution in [1.29, 1.82) is 0 Å². The number of piperidine rings is 1. The van der Waals surface area contributed by atoms with Gasteiger partial charge >= 0.3 is 6.09 Å². The highest BCUT2D eigenvalue weighted by molar-refractivity contribution is 5.81. The highest BCUT2D eigenvalue weighted by Crippen LogP contribution is 2.24. The van der Waals surface area contributed by atoms with Crippen LogP contribution in [0.2, 0.25) is 0 Å². The van der Waals surface area contributed by atoms with Crippen LogP contribution in [0.25, 0.3) is 10.9 Å². The third-order valence-corrected chi connectivity index (χ3v) is 6.43. The van der Waals surface area contributed by atoms with E-state index >= 15 is 0 Å². The number of hydrogen-bond acceptors (Lipinski definition) is 5. The van der Waals surface area contributed by atoms with Crippen molar-refractivity contribution in [2.45, 2.75) is 57.8 Å². The highest BCUT2D eigenvalue weighted by Gasteiger charge is 2.15. The average molecular weight is 426 g/mol. The molecule has 1 N–H and O–H groups in total. The van der Waals surface area contributed by atoms with E-state index in [-0.39, 0.29) is 0 Å². The van der Waals surface area contributed by atoms with E-state index < -0.39 is 6.09 Å². The number of ether oxygens (including phenoxy) is 2. The van der Waals surface area contributed by atoms with Gasteiger partial charge in [-0.25, -0.2) is 9.78 Å². The molecule has 1 amide bonds. The van der Waals surface area contributed by atoms with E-state index in [1.165, 1.54) is 64.5 Å². The molecule has 0 atom stereocenters. The standard InChI is InChI=1S/C25H35N3O3/c29-25(26-19-20-8-3-1-4-9-20)31-24-13-10-21-18-22(11-12-23(21)27-24)30-17-7-16-28-14-5-2-6-15-28/h10-13,18,20H,1-9,14-17,19H2,(H,26,29). The summed E-state index contributed by atoms with van der Waals surface area (Å²) in [4.78, 5) is 19.1. The quantitative estimate of drug-likeness (QED) is 0.592. The van der Waals surface area contributed by atoms with Gasteiger partial charge in [0, 0.05) is 24.5 Å². The van der Waals surface area contributed by atoms with Crippen molar-refractivity contribution in [2.24, 2.45) is 5.92 Å². The molecule has 2 aliphatic rings. The fraction of sp³-hybridized carbons (Fsp3) is 0.600. The molecule has 2 fully saturated rings. The summed E-state index contributed by atoms with van der Waals surface area (Å²) in [5.74, 6) is 1.75. The number of fused-ring (bicyclic) bond motifs is 1. The van der Waals surface area contributed by atoms with Crippen molar-refractivity contribution in [3.8, 4) is 11.6 Å². The third kappa shape index (κ3) is 6.82. The monoisotopic (exact) mass is 425 g/mol. The van der Waals surface area contributed by atoms with Gasteiger partial charge in [0.2, 0.25) is 5.88 Å². The Kier molecular flexibility index (Phi) is 7.99. The summed E-state index contributed by atoms with van der Waals surface area (Å²) in [5, 5.41) is 3.86. The van der Waals surface area contributed by atoms with E-state index in [1.807, 2.05) is 24.3 Å². The summed E-state index contributed by atoms with van der Waals surface area (Å²) in [7, 11) is 0. The predicted octanol–water partition coefficient (Wildman–Crippen LogP) is 5.16. The zero-order chi connectivity index (χ0) is 21.3. The first-order valence-electron chi connectivity index (χ1n) is 12.0. The Morgan fingerprint density at radius 2 is 1.84 bits per heavy atom. The lowest BCUT2D eigenvalue weighted by molar-refractivity contribution is 0.194. The molecule has 1 aromatic carbocycles. The molecule has 31 heavy (non-hydrogen) atoms. The molecule has 0 unspecified atom stereocenters. The maximum atomic E-state index is 12.1. The Labute approximate surface area is 185 Å². The molecule has 2 heterocycles. The lowest BCUT2D eigenvalue weighted by Gasteiger charge is -2.26. The van der Waals surface area contributed by atoms with E-state index in [1.54, 1.807) is 6.07 Å². The van der Waals surface area contributed by atoms with Crippen LogP contribution in [0, 0.1) is 5.92 Å². The van der Waals surface area contributed by atoms with Gasteiger partial charge in [0.25, 0.3) is 0 Å². The lowest BCUT2D eigenvalue weighted by atomic mass is 9.89. The number of aromatic nitrogens is 1. The number of nitrogens with one attached hydrogen (secondary N) is 1.